The number of carbonyl (C=O) groups excluding carboxylic acids is 1. The average Bonchev–Trinajstić information content (AvgIpc) is 3.13. The lowest BCUT2D eigenvalue weighted by Gasteiger charge is -2.29. The van der Waals surface area contributed by atoms with Gasteiger partial charge in [0, 0.05) is 27.6 Å². The van der Waals surface area contributed by atoms with Crippen LogP contribution in [0.15, 0.2) is 41.6 Å². The molecule has 0 bridgehead atoms. The van der Waals surface area contributed by atoms with Crippen molar-refractivity contribution in [2.75, 3.05) is 7.11 Å². The minimum Gasteiger partial charge on any atom is -0.474 e. The molecule has 3 rings (SSSR count). The fourth-order valence-electron chi connectivity index (χ4n) is 3.15. The second-order valence-electron chi connectivity index (χ2n) is 6.76. The van der Waals surface area contributed by atoms with Crippen molar-refractivity contribution in [3.05, 3.63) is 68.7 Å². The summed E-state index contributed by atoms with van der Waals surface area (Å²) in [5.74, 6) is -0.501. The van der Waals surface area contributed by atoms with Gasteiger partial charge in [0.15, 0.2) is 0 Å². The van der Waals surface area contributed by atoms with Crippen LogP contribution in [0.5, 0.6) is 0 Å². The summed E-state index contributed by atoms with van der Waals surface area (Å²) in [5.41, 5.74) is -1.75. The molecule has 0 saturated carbocycles. The van der Waals surface area contributed by atoms with Crippen LogP contribution in [0.2, 0.25) is 10.0 Å². The number of nitrogens with zero attached hydrogens (tertiary/aromatic N) is 1. The highest BCUT2D eigenvalue weighted by molar-refractivity contribution is 7.80. The number of aryl methyl sites for hydroxylation is 1. The molecule has 1 unspecified atom stereocenters. The van der Waals surface area contributed by atoms with Crippen molar-refractivity contribution in [2.45, 2.75) is 25.1 Å². The molecule has 2 aromatic rings. The van der Waals surface area contributed by atoms with Gasteiger partial charge in [0.2, 0.25) is 0 Å². The zero-order valence-corrected chi connectivity index (χ0v) is 18.5. The van der Waals surface area contributed by atoms with Crippen molar-refractivity contribution in [2.24, 2.45) is 5.16 Å². The maximum atomic E-state index is 14.1. The van der Waals surface area contributed by atoms with E-state index in [2.05, 4.69) is 10.5 Å². The largest absolute Gasteiger partial charge is 0.474 e. The lowest BCUT2D eigenvalue weighted by molar-refractivity contribution is -0.275. The second kappa shape index (κ2) is 8.64. The number of benzene rings is 2. The Kier molecular flexibility index (Phi) is 6.50. The maximum Gasteiger partial charge on any atom is 0.435 e. The first-order valence-electron chi connectivity index (χ1n) is 8.75. The van der Waals surface area contributed by atoms with Crippen LogP contribution >= 0.6 is 35.4 Å². The Labute approximate surface area is 191 Å². The summed E-state index contributed by atoms with van der Waals surface area (Å²) in [6.45, 7) is 1.64. The van der Waals surface area contributed by atoms with Crippen molar-refractivity contribution in [3.63, 3.8) is 0 Å². The number of alkyl halides is 3. The van der Waals surface area contributed by atoms with E-state index in [4.69, 9.17) is 45.0 Å². The highest BCUT2D eigenvalue weighted by Gasteiger charge is 2.62. The van der Waals surface area contributed by atoms with Crippen molar-refractivity contribution >= 4 is 52.2 Å². The Morgan fingerprint density at radius 1 is 1.23 bits per heavy atom. The van der Waals surface area contributed by atoms with Gasteiger partial charge in [0.25, 0.3) is 16.7 Å². The molecule has 1 amide bonds. The monoisotopic (exact) mass is 490 g/mol. The van der Waals surface area contributed by atoms with Gasteiger partial charge in [-0.3, -0.25) is 10.1 Å². The van der Waals surface area contributed by atoms with Crippen molar-refractivity contribution in [3.8, 4) is 0 Å². The number of nitrogens with one attached hydrogen (secondary N) is 1. The minimum absolute atomic E-state index is 0.0448. The molecular weight excluding hydrogens is 476 g/mol. The van der Waals surface area contributed by atoms with Gasteiger partial charge in [0.1, 0.15) is 0 Å². The molecule has 11 heteroatoms. The number of oxime groups is 1. The molecule has 2 aromatic carbocycles. The number of thiocarbonyl (C=S) groups is 1. The van der Waals surface area contributed by atoms with E-state index in [1.807, 2.05) is 0 Å². The summed E-state index contributed by atoms with van der Waals surface area (Å²) in [7, 11) is 1.32. The van der Waals surface area contributed by atoms with Crippen LogP contribution < -0.4 is 5.32 Å². The van der Waals surface area contributed by atoms with Crippen LogP contribution in [0, 0.1) is 6.92 Å². The fraction of sp³-hybridized carbons (Fsp3) is 0.250. The highest BCUT2D eigenvalue weighted by Crippen LogP contribution is 2.49. The number of rotatable bonds is 3. The summed E-state index contributed by atoms with van der Waals surface area (Å²) in [4.78, 5) is 17.2. The minimum atomic E-state index is -4.79. The molecule has 0 spiro atoms. The van der Waals surface area contributed by atoms with Gasteiger partial charge in [-0.05, 0) is 60.6 Å². The average molecular weight is 491 g/mol. The molecule has 1 aliphatic heterocycles. The lowest BCUT2D eigenvalue weighted by Crippen LogP contribution is -2.42. The summed E-state index contributed by atoms with van der Waals surface area (Å²) in [5, 5.41) is 6.08. The molecule has 0 radical (unpaired) electrons. The van der Waals surface area contributed by atoms with Gasteiger partial charge in [-0.2, -0.15) is 13.2 Å². The maximum absolute atomic E-state index is 14.1. The quantitative estimate of drug-likeness (QED) is 0.573. The van der Waals surface area contributed by atoms with E-state index >= 15 is 0 Å². The molecule has 1 aliphatic rings. The molecule has 1 atom stereocenters. The number of methoxy groups -OCH3 is 1. The Balaban J connectivity index is 1.93. The summed E-state index contributed by atoms with van der Waals surface area (Å²) < 4.78 is 47.0. The van der Waals surface area contributed by atoms with E-state index in [-0.39, 0.29) is 32.1 Å². The van der Waals surface area contributed by atoms with Gasteiger partial charge in [0.05, 0.1) is 12.8 Å². The molecule has 0 aliphatic carbocycles. The molecule has 31 heavy (non-hydrogen) atoms. The molecule has 0 fully saturated rings. The fourth-order valence-corrected chi connectivity index (χ4v) is 3.77. The Bertz CT molecular complexity index is 1070. The first-order valence-corrected chi connectivity index (χ1v) is 9.92. The van der Waals surface area contributed by atoms with Gasteiger partial charge in [-0.25, -0.2) is 0 Å². The van der Waals surface area contributed by atoms with Gasteiger partial charge < -0.3 is 9.57 Å². The van der Waals surface area contributed by atoms with Crippen LogP contribution in [0.4, 0.5) is 13.2 Å². The number of ether oxygens (including phenoxy) is 1. The van der Waals surface area contributed by atoms with Crippen LogP contribution in [-0.2, 0) is 15.2 Å². The van der Waals surface area contributed by atoms with E-state index in [0.29, 0.717) is 11.1 Å². The summed E-state index contributed by atoms with van der Waals surface area (Å²) >= 11 is 16.6. The predicted molar refractivity (Wildman–Crippen MR) is 115 cm³/mol. The lowest BCUT2D eigenvalue weighted by atomic mass is 9.86. The zero-order valence-electron chi connectivity index (χ0n) is 16.1. The van der Waals surface area contributed by atoms with Crippen LogP contribution in [0.1, 0.15) is 33.5 Å². The third-order valence-corrected chi connectivity index (χ3v) is 5.43. The number of halogens is 5. The van der Waals surface area contributed by atoms with Gasteiger partial charge in [-0.1, -0.05) is 34.4 Å². The third kappa shape index (κ3) is 4.63. The Morgan fingerprint density at radius 3 is 2.42 bits per heavy atom. The topological polar surface area (TPSA) is 59.9 Å². The Hall–Kier alpha value is -2.36. The highest BCUT2D eigenvalue weighted by atomic mass is 35.5. The second-order valence-corrected chi connectivity index (χ2v) is 8.01. The SMILES string of the molecule is COC(=S)NC(=O)c1ccc(C2=NOC(c3cc(Cl)cc(Cl)c3)(C(F)(F)F)C2)cc1C. The number of hydrogen-bond acceptors (Lipinski definition) is 5. The molecule has 164 valence electrons. The van der Waals surface area contributed by atoms with E-state index in [0.717, 1.165) is 12.1 Å². The van der Waals surface area contributed by atoms with Crippen LogP contribution in [0.25, 0.3) is 0 Å². The first-order chi connectivity index (χ1) is 14.5. The van der Waals surface area contributed by atoms with Crippen molar-refractivity contribution in [1.29, 1.82) is 0 Å². The third-order valence-electron chi connectivity index (χ3n) is 4.72. The van der Waals surface area contributed by atoms with E-state index in [9.17, 15) is 18.0 Å². The van der Waals surface area contributed by atoms with E-state index in [1.165, 1.54) is 25.3 Å². The molecule has 0 aromatic heterocycles. The Morgan fingerprint density at radius 2 is 1.87 bits per heavy atom. The van der Waals surface area contributed by atoms with E-state index < -0.39 is 24.1 Å². The molecule has 0 saturated heterocycles. The normalized spacial score (nSPS) is 18.2. The molecule has 1 heterocycles. The number of carbonyl (C=O) groups is 1. The smallest absolute Gasteiger partial charge is 0.435 e. The predicted octanol–water partition coefficient (Wildman–Crippen LogP) is 5.55. The first kappa shape index (κ1) is 23.3. The van der Waals surface area contributed by atoms with Crippen molar-refractivity contribution in [1.82, 2.24) is 5.32 Å². The van der Waals surface area contributed by atoms with E-state index in [1.54, 1.807) is 13.0 Å². The molecular formula is C20H15Cl2F3N2O3S. The standard InChI is InChI=1S/C20H15Cl2F3N2O3S/c1-10-5-11(3-4-15(10)17(28)26-18(31)29-2)16-9-19(30-27-16,20(23,24)25)12-6-13(21)8-14(22)7-12/h3-8H,9H2,1-2H3,(H,26,28,31). The van der Waals surface area contributed by atoms with Gasteiger partial charge in [-0.15, -0.1) is 0 Å². The number of hydrogen-bond donors (Lipinski definition) is 1. The van der Waals surface area contributed by atoms with Crippen LogP contribution in [0.3, 0.4) is 0 Å². The summed E-state index contributed by atoms with van der Waals surface area (Å²) in [6, 6.07) is 8.12. The van der Waals surface area contributed by atoms with Crippen LogP contribution in [-0.4, -0.2) is 30.1 Å². The molecule has 5 nitrogen and oxygen atoms in total. The zero-order chi connectivity index (χ0) is 23.0. The number of amides is 1. The molecule has 1 N–H and O–H groups in total. The van der Waals surface area contributed by atoms with Crippen molar-refractivity contribution < 1.29 is 27.5 Å². The van der Waals surface area contributed by atoms with Gasteiger partial charge >= 0.3 is 6.18 Å². The summed E-state index contributed by atoms with van der Waals surface area (Å²) in [6.07, 6.45) is -5.39.